The second-order valence-electron chi connectivity index (χ2n) is 5.81. The molecule has 92 valence electrons. The second-order valence-corrected chi connectivity index (χ2v) is 5.81. The molecule has 0 aromatic carbocycles. The Balaban J connectivity index is 1.61. The number of piperazine rings is 1. The maximum atomic E-state index is 5.67. The molecule has 0 aromatic heterocycles. The Kier molecular flexibility index (Phi) is 2.92. The van der Waals surface area contributed by atoms with E-state index >= 15 is 0 Å². The van der Waals surface area contributed by atoms with Crippen molar-refractivity contribution in [2.24, 2.45) is 0 Å². The van der Waals surface area contributed by atoms with Crippen LogP contribution in [-0.4, -0.2) is 74.9 Å². The van der Waals surface area contributed by atoms with E-state index in [0.29, 0.717) is 0 Å². The summed E-state index contributed by atoms with van der Waals surface area (Å²) < 4.78 is 13.8. The van der Waals surface area contributed by atoms with E-state index in [4.69, 9.17) is 9.47 Å². The maximum Gasteiger partial charge on any atom is 0.183 e. The number of nitrogens with zero attached hydrogens (tertiary/aromatic N) is 2. The van der Waals surface area contributed by atoms with E-state index in [2.05, 4.69) is 0 Å². The van der Waals surface area contributed by atoms with Gasteiger partial charge in [-0.3, -0.25) is 8.97 Å². The first-order chi connectivity index (χ1) is 7.83. The van der Waals surface area contributed by atoms with Crippen LogP contribution in [0.4, 0.5) is 0 Å². The number of hydrogen-bond donors (Lipinski definition) is 0. The third kappa shape index (κ3) is 1.99. The van der Waals surface area contributed by atoms with Crippen LogP contribution in [-0.2, 0) is 9.47 Å². The Morgan fingerprint density at radius 3 is 1.31 bits per heavy atom. The van der Waals surface area contributed by atoms with E-state index < -0.39 is 0 Å². The highest BCUT2D eigenvalue weighted by molar-refractivity contribution is 4.57. The van der Waals surface area contributed by atoms with Gasteiger partial charge in [0, 0.05) is 12.8 Å². The summed E-state index contributed by atoms with van der Waals surface area (Å²) in [6.45, 7) is 11.7. The standard InChI is InChI=1S/C12H24N2O2/c1-3-13(11-15-9-1)5-7-14(8-6-13)4-2-10-16-12-14/h1-12H2/q+2. The van der Waals surface area contributed by atoms with Crippen molar-refractivity contribution >= 4 is 0 Å². The van der Waals surface area contributed by atoms with Crippen LogP contribution in [0.1, 0.15) is 12.8 Å². The van der Waals surface area contributed by atoms with Crippen LogP contribution in [0.5, 0.6) is 0 Å². The zero-order valence-corrected chi connectivity index (χ0v) is 10.2. The molecule has 0 aromatic rings. The molecule has 16 heavy (non-hydrogen) atoms. The van der Waals surface area contributed by atoms with Gasteiger partial charge in [-0.25, -0.2) is 0 Å². The largest absolute Gasteiger partial charge is 0.331 e. The summed E-state index contributed by atoms with van der Waals surface area (Å²) in [6, 6.07) is 0. The summed E-state index contributed by atoms with van der Waals surface area (Å²) in [4.78, 5) is 0. The zero-order valence-electron chi connectivity index (χ0n) is 10.2. The fraction of sp³-hybridized carbons (Fsp3) is 1.00. The molecule has 0 saturated carbocycles. The van der Waals surface area contributed by atoms with Crippen molar-refractivity contribution in [2.75, 3.05) is 65.9 Å². The lowest BCUT2D eigenvalue weighted by Crippen LogP contribution is -2.69. The molecule has 4 heteroatoms. The van der Waals surface area contributed by atoms with Gasteiger partial charge >= 0.3 is 0 Å². The van der Waals surface area contributed by atoms with Crippen molar-refractivity contribution in [1.82, 2.24) is 0 Å². The Labute approximate surface area is 97.9 Å². The molecular weight excluding hydrogens is 204 g/mol. The van der Waals surface area contributed by atoms with E-state index in [9.17, 15) is 0 Å². The van der Waals surface area contributed by atoms with Gasteiger partial charge in [0.15, 0.2) is 13.5 Å². The zero-order chi connectivity index (χ0) is 10.9. The molecule has 2 spiro atoms. The van der Waals surface area contributed by atoms with E-state index in [-0.39, 0.29) is 0 Å². The fourth-order valence-corrected chi connectivity index (χ4v) is 3.43. The minimum atomic E-state index is 0.959. The lowest BCUT2D eigenvalue weighted by atomic mass is 10.1. The summed E-state index contributed by atoms with van der Waals surface area (Å²) in [5.74, 6) is 0. The van der Waals surface area contributed by atoms with Crippen LogP contribution in [0.3, 0.4) is 0 Å². The first-order valence-electron chi connectivity index (χ1n) is 6.68. The average molecular weight is 228 g/mol. The van der Waals surface area contributed by atoms with Crippen molar-refractivity contribution in [1.29, 1.82) is 0 Å². The normalized spacial score (nSPS) is 45.0. The Hall–Kier alpha value is -0.160. The molecule has 3 saturated heterocycles. The third-order valence-corrected chi connectivity index (χ3v) is 4.67. The van der Waals surface area contributed by atoms with E-state index in [0.717, 1.165) is 26.7 Å². The highest BCUT2D eigenvalue weighted by Gasteiger charge is 2.43. The lowest BCUT2D eigenvalue weighted by Gasteiger charge is -2.51. The van der Waals surface area contributed by atoms with Gasteiger partial charge in [0.2, 0.25) is 0 Å². The molecule has 0 amide bonds. The molecule has 3 aliphatic rings. The molecular formula is C12H24N2O2+2. The molecule has 3 heterocycles. The number of rotatable bonds is 0. The van der Waals surface area contributed by atoms with Crippen LogP contribution >= 0.6 is 0 Å². The molecule has 3 aliphatic heterocycles. The maximum absolute atomic E-state index is 5.67. The van der Waals surface area contributed by atoms with Crippen molar-refractivity contribution in [3.8, 4) is 0 Å². The minimum absolute atomic E-state index is 0.959. The predicted octanol–water partition coefficient (Wildman–Crippen LogP) is 0.389. The quantitative estimate of drug-likeness (QED) is 0.558. The van der Waals surface area contributed by atoms with Gasteiger partial charge in [0.1, 0.15) is 26.2 Å². The van der Waals surface area contributed by atoms with Gasteiger partial charge in [0.05, 0.1) is 26.3 Å². The molecule has 0 aliphatic carbocycles. The molecule has 4 nitrogen and oxygen atoms in total. The molecule has 0 unspecified atom stereocenters. The number of quaternary nitrogens is 2. The average Bonchev–Trinajstić information content (AvgIpc) is 2.36. The molecule has 3 rings (SSSR count). The molecule has 3 fully saturated rings. The van der Waals surface area contributed by atoms with Crippen LogP contribution in [0.25, 0.3) is 0 Å². The van der Waals surface area contributed by atoms with Gasteiger partial charge in [0.25, 0.3) is 0 Å². The summed E-state index contributed by atoms with van der Waals surface area (Å²) >= 11 is 0. The summed E-state index contributed by atoms with van der Waals surface area (Å²) in [6.07, 6.45) is 2.49. The first-order valence-corrected chi connectivity index (χ1v) is 6.68. The summed E-state index contributed by atoms with van der Waals surface area (Å²) in [5, 5.41) is 0. The highest BCUT2D eigenvalue weighted by Crippen LogP contribution is 2.24. The molecule has 0 bridgehead atoms. The van der Waals surface area contributed by atoms with E-state index in [1.54, 1.807) is 0 Å². The predicted molar refractivity (Wildman–Crippen MR) is 60.6 cm³/mol. The third-order valence-electron chi connectivity index (χ3n) is 4.67. The first kappa shape index (κ1) is 11.0. The Bertz CT molecular complexity index is 207. The van der Waals surface area contributed by atoms with Crippen LogP contribution in [0.15, 0.2) is 0 Å². The van der Waals surface area contributed by atoms with Gasteiger partial charge in [-0.1, -0.05) is 0 Å². The van der Waals surface area contributed by atoms with Crippen molar-refractivity contribution in [2.45, 2.75) is 12.8 Å². The number of ether oxygens (including phenoxy) is 2. The lowest BCUT2D eigenvalue weighted by molar-refractivity contribution is -1.05. The fourth-order valence-electron chi connectivity index (χ4n) is 3.43. The van der Waals surface area contributed by atoms with Gasteiger partial charge in [-0.2, -0.15) is 0 Å². The van der Waals surface area contributed by atoms with Gasteiger partial charge in [-0.15, -0.1) is 0 Å². The molecule has 0 N–H and O–H groups in total. The monoisotopic (exact) mass is 228 g/mol. The van der Waals surface area contributed by atoms with Crippen LogP contribution in [0.2, 0.25) is 0 Å². The smallest absolute Gasteiger partial charge is 0.183 e. The van der Waals surface area contributed by atoms with Gasteiger partial charge in [-0.05, 0) is 0 Å². The highest BCUT2D eigenvalue weighted by atomic mass is 16.5. The van der Waals surface area contributed by atoms with E-state index in [1.807, 2.05) is 0 Å². The van der Waals surface area contributed by atoms with Crippen molar-refractivity contribution < 1.29 is 18.4 Å². The molecule has 0 radical (unpaired) electrons. The summed E-state index contributed by atoms with van der Waals surface area (Å²) in [5.41, 5.74) is 0. The van der Waals surface area contributed by atoms with Crippen molar-refractivity contribution in [3.05, 3.63) is 0 Å². The summed E-state index contributed by atoms with van der Waals surface area (Å²) in [7, 11) is 0. The second kappa shape index (κ2) is 4.26. The minimum Gasteiger partial charge on any atom is -0.331 e. The SMILES string of the molecule is C1COC[N+]2(C1)CC[N+]1(CCCOC1)CC2. The van der Waals surface area contributed by atoms with Crippen LogP contribution in [0, 0.1) is 0 Å². The Morgan fingerprint density at radius 1 is 0.562 bits per heavy atom. The van der Waals surface area contributed by atoms with Crippen LogP contribution < -0.4 is 0 Å². The van der Waals surface area contributed by atoms with Crippen molar-refractivity contribution in [3.63, 3.8) is 0 Å². The number of hydrogen-bond acceptors (Lipinski definition) is 2. The Morgan fingerprint density at radius 2 is 1.00 bits per heavy atom. The molecule has 0 atom stereocenters. The van der Waals surface area contributed by atoms with Gasteiger partial charge < -0.3 is 9.47 Å². The van der Waals surface area contributed by atoms with E-state index in [1.165, 1.54) is 61.1 Å². The topological polar surface area (TPSA) is 18.5 Å².